The number of amides is 1. The predicted octanol–water partition coefficient (Wildman–Crippen LogP) is 4.04. The summed E-state index contributed by atoms with van der Waals surface area (Å²) in [6.45, 7) is 8.03. The first kappa shape index (κ1) is 24.5. The molecule has 0 aliphatic carbocycles. The van der Waals surface area contributed by atoms with E-state index in [1.54, 1.807) is 18.2 Å². The van der Waals surface area contributed by atoms with Crippen LogP contribution in [0, 0.1) is 32.1 Å². The SMILES string of the molecule is CCCNC(=O)/C(C#N)=C/c1ccc(OC(=O)COc2cc(C)cc(C)c2C)c(OC)c1. The number of carbonyl (C=O) groups is 2. The number of nitrogens with zero attached hydrogens (tertiary/aromatic N) is 1. The maximum absolute atomic E-state index is 12.3. The van der Waals surface area contributed by atoms with Crippen LogP contribution in [0.3, 0.4) is 0 Å². The van der Waals surface area contributed by atoms with E-state index in [1.165, 1.54) is 13.2 Å². The fourth-order valence-corrected chi connectivity index (χ4v) is 2.95. The molecule has 7 heteroatoms. The highest BCUT2D eigenvalue weighted by Crippen LogP contribution is 2.29. The Hall–Kier alpha value is -3.79. The number of rotatable bonds is 9. The van der Waals surface area contributed by atoms with E-state index in [9.17, 15) is 14.9 Å². The number of nitrogens with one attached hydrogen (secondary N) is 1. The molecule has 0 aliphatic heterocycles. The second-order valence-electron chi connectivity index (χ2n) is 7.30. The smallest absolute Gasteiger partial charge is 0.349 e. The first-order valence-electron chi connectivity index (χ1n) is 10.3. The predicted molar refractivity (Wildman–Crippen MR) is 122 cm³/mol. The quantitative estimate of drug-likeness (QED) is 0.276. The van der Waals surface area contributed by atoms with Crippen LogP contribution in [0.4, 0.5) is 0 Å². The fourth-order valence-electron chi connectivity index (χ4n) is 2.95. The van der Waals surface area contributed by atoms with Gasteiger partial charge >= 0.3 is 5.97 Å². The van der Waals surface area contributed by atoms with Gasteiger partial charge in [0.25, 0.3) is 5.91 Å². The first-order valence-corrected chi connectivity index (χ1v) is 10.3. The van der Waals surface area contributed by atoms with Gasteiger partial charge in [0.1, 0.15) is 17.4 Å². The third-order valence-electron chi connectivity index (χ3n) is 4.73. The molecule has 0 heterocycles. The highest BCUT2D eigenvalue weighted by molar-refractivity contribution is 6.01. The Morgan fingerprint density at radius 3 is 2.50 bits per heavy atom. The summed E-state index contributed by atoms with van der Waals surface area (Å²) in [7, 11) is 1.44. The zero-order valence-corrected chi connectivity index (χ0v) is 19.1. The van der Waals surface area contributed by atoms with Gasteiger partial charge in [-0.25, -0.2) is 4.79 Å². The topological polar surface area (TPSA) is 97.7 Å². The summed E-state index contributed by atoms with van der Waals surface area (Å²) >= 11 is 0. The normalized spacial score (nSPS) is 10.8. The average Bonchev–Trinajstić information content (AvgIpc) is 2.77. The van der Waals surface area contributed by atoms with Crippen molar-refractivity contribution in [3.63, 3.8) is 0 Å². The van der Waals surface area contributed by atoms with Crippen molar-refractivity contribution in [2.45, 2.75) is 34.1 Å². The molecule has 1 amide bonds. The number of ether oxygens (including phenoxy) is 3. The zero-order chi connectivity index (χ0) is 23.7. The number of esters is 1. The molecule has 0 radical (unpaired) electrons. The van der Waals surface area contributed by atoms with Crippen LogP contribution in [0.1, 0.15) is 35.6 Å². The molecule has 7 nitrogen and oxygen atoms in total. The minimum Gasteiger partial charge on any atom is -0.493 e. The third kappa shape index (κ3) is 6.61. The maximum atomic E-state index is 12.3. The van der Waals surface area contributed by atoms with E-state index in [2.05, 4.69) is 5.32 Å². The molecule has 0 aliphatic rings. The number of carbonyl (C=O) groups excluding carboxylic acids is 2. The summed E-state index contributed by atoms with van der Waals surface area (Å²) < 4.78 is 16.4. The molecule has 0 atom stereocenters. The van der Waals surface area contributed by atoms with Gasteiger partial charge in [0.2, 0.25) is 0 Å². The van der Waals surface area contributed by atoms with Crippen LogP contribution in [-0.4, -0.2) is 32.1 Å². The van der Waals surface area contributed by atoms with Crippen LogP contribution in [-0.2, 0) is 9.59 Å². The van der Waals surface area contributed by atoms with Crippen molar-refractivity contribution >= 4 is 18.0 Å². The zero-order valence-electron chi connectivity index (χ0n) is 19.1. The minimum absolute atomic E-state index is 0.0255. The van der Waals surface area contributed by atoms with Gasteiger partial charge in [-0.3, -0.25) is 4.79 Å². The Balaban J connectivity index is 2.11. The molecule has 0 unspecified atom stereocenters. The van der Waals surface area contributed by atoms with Gasteiger partial charge < -0.3 is 19.5 Å². The van der Waals surface area contributed by atoms with Crippen molar-refractivity contribution in [1.82, 2.24) is 5.32 Å². The third-order valence-corrected chi connectivity index (χ3v) is 4.73. The molecule has 0 aromatic heterocycles. The van der Waals surface area contributed by atoms with E-state index < -0.39 is 11.9 Å². The summed E-state index contributed by atoms with van der Waals surface area (Å²) in [5.41, 5.74) is 3.63. The average molecular weight is 437 g/mol. The lowest BCUT2D eigenvalue weighted by Gasteiger charge is -2.13. The lowest BCUT2D eigenvalue weighted by Crippen LogP contribution is -2.25. The molecule has 0 saturated heterocycles. The maximum Gasteiger partial charge on any atom is 0.349 e. The van der Waals surface area contributed by atoms with E-state index in [0.29, 0.717) is 23.6 Å². The van der Waals surface area contributed by atoms with Gasteiger partial charge in [-0.05, 0) is 73.7 Å². The minimum atomic E-state index is -0.582. The van der Waals surface area contributed by atoms with Crippen LogP contribution in [0.25, 0.3) is 6.08 Å². The van der Waals surface area contributed by atoms with Crippen molar-refractivity contribution in [2.75, 3.05) is 20.3 Å². The Morgan fingerprint density at radius 1 is 1.09 bits per heavy atom. The standard InChI is InChI=1S/C25H28N2O5/c1-6-9-27-25(29)20(14-26)12-19-7-8-21(23(13-19)30-5)32-24(28)15-31-22-11-16(2)10-17(3)18(22)4/h7-8,10-13H,6,9,15H2,1-5H3,(H,27,29)/b20-12+. The molecule has 0 fully saturated rings. The van der Waals surface area contributed by atoms with Crippen molar-refractivity contribution in [3.8, 4) is 23.3 Å². The monoisotopic (exact) mass is 436 g/mol. The molecule has 0 bridgehead atoms. The van der Waals surface area contributed by atoms with E-state index in [1.807, 2.05) is 45.9 Å². The van der Waals surface area contributed by atoms with E-state index in [4.69, 9.17) is 14.2 Å². The number of benzene rings is 2. The van der Waals surface area contributed by atoms with Gasteiger partial charge in [-0.1, -0.05) is 19.1 Å². The Kier molecular flexibility index (Phi) is 8.84. The summed E-state index contributed by atoms with van der Waals surface area (Å²) in [5.74, 6) is 0.118. The van der Waals surface area contributed by atoms with Crippen LogP contribution in [0.15, 0.2) is 35.9 Å². The molecule has 168 valence electrons. The molecule has 2 aromatic rings. The Morgan fingerprint density at radius 2 is 1.84 bits per heavy atom. The summed E-state index contributed by atoms with van der Waals surface area (Å²) in [6, 6.07) is 10.6. The van der Waals surface area contributed by atoms with Gasteiger partial charge in [0.05, 0.1) is 7.11 Å². The van der Waals surface area contributed by atoms with Gasteiger partial charge in [0, 0.05) is 6.54 Å². The van der Waals surface area contributed by atoms with Crippen LogP contribution >= 0.6 is 0 Å². The summed E-state index contributed by atoms with van der Waals surface area (Å²) in [4.78, 5) is 24.4. The van der Waals surface area contributed by atoms with Crippen LogP contribution in [0.2, 0.25) is 0 Å². The van der Waals surface area contributed by atoms with Crippen molar-refractivity contribution in [1.29, 1.82) is 5.26 Å². The van der Waals surface area contributed by atoms with Crippen LogP contribution in [0.5, 0.6) is 17.2 Å². The first-order chi connectivity index (χ1) is 15.3. The van der Waals surface area contributed by atoms with Crippen molar-refractivity contribution in [3.05, 3.63) is 58.2 Å². The van der Waals surface area contributed by atoms with E-state index in [0.717, 1.165) is 23.1 Å². The van der Waals surface area contributed by atoms with Crippen molar-refractivity contribution < 1.29 is 23.8 Å². The molecule has 1 N–H and O–H groups in total. The van der Waals surface area contributed by atoms with Crippen LogP contribution < -0.4 is 19.5 Å². The summed E-state index contributed by atoms with van der Waals surface area (Å²) in [6.07, 6.45) is 2.22. The molecular weight excluding hydrogens is 408 g/mol. The second kappa shape index (κ2) is 11.6. The molecule has 2 rings (SSSR count). The lowest BCUT2D eigenvalue weighted by molar-refractivity contribution is -0.136. The number of methoxy groups -OCH3 is 1. The molecule has 0 saturated carbocycles. The number of hydrogen-bond donors (Lipinski definition) is 1. The number of aryl methyl sites for hydroxylation is 2. The van der Waals surface area contributed by atoms with E-state index in [-0.39, 0.29) is 17.9 Å². The van der Waals surface area contributed by atoms with Gasteiger partial charge in [-0.2, -0.15) is 5.26 Å². The Labute approximate surface area is 188 Å². The van der Waals surface area contributed by atoms with Gasteiger partial charge in [0.15, 0.2) is 18.1 Å². The number of nitriles is 1. The molecule has 2 aromatic carbocycles. The number of hydrogen-bond acceptors (Lipinski definition) is 6. The highest BCUT2D eigenvalue weighted by atomic mass is 16.6. The summed E-state index contributed by atoms with van der Waals surface area (Å²) in [5, 5.41) is 11.9. The van der Waals surface area contributed by atoms with Gasteiger partial charge in [-0.15, -0.1) is 0 Å². The second-order valence-corrected chi connectivity index (χ2v) is 7.30. The largest absolute Gasteiger partial charge is 0.493 e. The van der Waals surface area contributed by atoms with E-state index >= 15 is 0 Å². The molecular formula is C25H28N2O5. The highest BCUT2D eigenvalue weighted by Gasteiger charge is 2.14. The fraction of sp³-hybridized carbons (Fsp3) is 0.320. The molecule has 0 spiro atoms. The Bertz CT molecular complexity index is 1070. The molecule has 32 heavy (non-hydrogen) atoms. The lowest BCUT2D eigenvalue weighted by atomic mass is 10.1. The van der Waals surface area contributed by atoms with Crippen molar-refractivity contribution in [2.24, 2.45) is 0 Å².